The Bertz CT molecular complexity index is 3670. The van der Waals surface area contributed by atoms with Crippen LogP contribution in [0, 0.1) is 50.2 Å². The van der Waals surface area contributed by atoms with Crippen LogP contribution in [0.3, 0.4) is 0 Å². The van der Waals surface area contributed by atoms with Crippen molar-refractivity contribution in [2.75, 3.05) is 46.8 Å². The molecule has 7 saturated heterocycles. The van der Waals surface area contributed by atoms with Crippen molar-refractivity contribution in [3.8, 4) is 5.75 Å². The number of carboxylic acids is 1. The van der Waals surface area contributed by atoms with Crippen LogP contribution in [0.25, 0.3) is 6.08 Å². The number of methoxy groups -OCH3 is 1. The molecule has 0 spiro atoms. The van der Waals surface area contributed by atoms with E-state index in [1.807, 2.05) is 13.0 Å². The maximum absolute atomic E-state index is 16.6. The molecule has 662 valence electrons. The molecule has 117 heavy (non-hydrogen) atoms. The summed E-state index contributed by atoms with van der Waals surface area (Å²) in [4.78, 5) is 45.2. The highest BCUT2D eigenvalue weighted by Gasteiger charge is 2.74. The minimum Gasteiger partial charge on any atom is -0.497 e. The van der Waals surface area contributed by atoms with Gasteiger partial charge >= 0.3 is 17.9 Å². The van der Waals surface area contributed by atoms with Crippen molar-refractivity contribution in [3.05, 3.63) is 47.6 Å². The van der Waals surface area contributed by atoms with Crippen LogP contribution in [0.5, 0.6) is 5.75 Å². The lowest BCUT2D eigenvalue weighted by Crippen LogP contribution is -2.71. The molecule has 0 aromatic heterocycles. The fourth-order valence-corrected chi connectivity index (χ4v) is 21.4. The second kappa shape index (κ2) is 34.7. The normalized spacial score (nSPS) is 50.5. The third-order valence-corrected chi connectivity index (χ3v) is 28.4. The van der Waals surface area contributed by atoms with E-state index in [9.17, 15) is 107 Å². The van der Waals surface area contributed by atoms with E-state index in [1.54, 1.807) is 24.3 Å². The molecule has 19 N–H and O–H groups in total. The van der Waals surface area contributed by atoms with E-state index in [0.29, 0.717) is 30.6 Å². The number of hydrogen-bond donors (Lipinski definition) is 19. The number of allylic oxidation sites excluding steroid dienone is 1. The first kappa shape index (κ1) is 90.4. The van der Waals surface area contributed by atoms with Gasteiger partial charge in [0.2, 0.25) is 6.29 Å². The van der Waals surface area contributed by atoms with Crippen LogP contribution in [-0.4, -0.2) is 364 Å². The van der Waals surface area contributed by atoms with E-state index in [4.69, 9.17) is 75.8 Å². The number of carbonyl (C=O) groups excluding carboxylic acids is 2. The van der Waals surface area contributed by atoms with Crippen molar-refractivity contribution < 1.29 is 187 Å². The molecule has 11 fully saturated rings. The van der Waals surface area contributed by atoms with Crippen molar-refractivity contribution in [2.24, 2.45) is 50.2 Å². The molecule has 38 heteroatoms. The fourth-order valence-electron chi connectivity index (χ4n) is 21.4. The number of ether oxygens (including phenoxy) is 16. The summed E-state index contributed by atoms with van der Waals surface area (Å²) in [6, 6.07) is 6.58. The van der Waals surface area contributed by atoms with Crippen LogP contribution >= 0.6 is 0 Å². The molecule has 1 aromatic carbocycles. The molecule has 5 aliphatic carbocycles. The molecule has 38 nitrogen and oxygen atoms in total. The highest BCUT2D eigenvalue weighted by molar-refractivity contribution is 5.87. The number of carboxylic acid groups (broad SMARTS) is 1. The molecule has 0 bridgehead atoms. The van der Waals surface area contributed by atoms with Crippen LogP contribution in [0.1, 0.15) is 119 Å². The summed E-state index contributed by atoms with van der Waals surface area (Å²) in [7, 11) is 1.47. The van der Waals surface area contributed by atoms with Gasteiger partial charge in [-0.1, -0.05) is 51.5 Å². The quantitative estimate of drug-likeness (QED) is 0.0226. The monoisotopic (exact) mass is 1670 g/mol. The largest absolute Gasteiger partial charge is 0.497 e. The number of aliphatic hydroxyl groups excluding tert-OH is 17. The molecule has 0 amide bonds. The Kier molecular flexibility index (Phi) is 26.8. The van der Waals surface area contributed by atoms with Gasteiger partial charge in [0, 0.05) is 11.5 Å². The Morgan fingerprint density at radius 3 is 1.74 bits per heavy atom. The number of benzene rings is 1. The van der Waals surface area contributed by atoms with Gasteiger partial charge in [-0.05, 0) is 143 Å². The average Bonchev–Trinajstić information content (AvgIpc) is 0.852. The average molecular weight is 1680 g/mol. The topological polar surface area (TPSA) is 583 Å². The summed E-state index contributed by atoms with van der Waals surface area (Å²) >= 11 is 0. The van der Waals surface area contributed by atoms with Crippen molar-refractivity contribution >= 4 is 24.0 Å². The summed E-state index contributed by atoms with van der Waals surface area (Å²) in [5.74, 6) is -4.68. The number of aliphatic carboxylic acids is 1. The molecular formula is C79H118O38. The van der Waals surface area contributed by atoms with Crippen LogP contribution < -0.4 is 4.74 Å². The van der Waals surface area contributed by atoms with Crippen LogP contribution in [0.2, 0.25) is 0 Å². The minimum atomic E-state index is -2.35. The zero-order valence-electron chi connectivity index (χ0n) is 66.6. The smallest absolute Gasteiger partial charge is 0.331 e. The summed E-state index contributed by atoms with van der Waals surface area (Å²) in [5, 5.41) is 214. The van der Waals surface area contributed by atoms with Gasteiger partial charge in [-0.2, -0.15) is 0 Å². The van der Waals surface area contributed by atoms with Crippen LogP contribution in [-0.2, 0) is 85.4 Å². The van der Waals surface area contributed by atoms with Crippen molar-refractivity contribution in [3.63, 3.8) is 0 Å². The minimum absolute atomic E-state index is 0.0454. The number of carbonyl (C=O) groups is 3. The summed E-state index contributed by atoms with van der Waals surface area (Å²) in [5.41, 5.74) is -8.04. The third-order valence-electron chi connectivity index (χ3n) is 28.4. The molecular weight excluding hydrogens is 1560 g/mol. The Balaban J connectivity index is 0.859. The molecule has 13 rings (SSSR count). The van der Waals surface area contributed by atoms with Crippen molar-refractivity contribution in [1.82, 2.24) is 0 Å². The molecule has 41 atom stereocenters. The molecule has 12 aliphatic rings. The van der Waals surface area contributed by atoms with Gasteiger partial charge in [0.15, 0.2) is 49.9 Å². The number of hydrogen-bond acceptors (Lipinski definition) is 37. The lowest BCUT2D eigenvalue weighted by molar-refractivity contribution is -0.398. The number of aliphatic hydroxyl groups is 18. The lowest BCUT2D eigenvalue weighted by atomic mass is 9.33. The predicted octanol–water partition coefficient (Wildman–Crippen LogP) is -4.28. The van der Waals surface area contributed by atoms with E-state index < -0.39 is 310 Å². The van der Waals surface area contributed by atoms with Gasteiger partial charge in [0.05, 0.1) is 82.0 Å². The first-order chi connectivity index (χ1) is 55.1. The first-order valence-electron chi connectivity index (χ1n) is 40.3. The standard InChI is InChI=1S/C79H118O38/c1-32-46(87)49(90)52(93)66(106-32)114-60-57(110-45(86)17-12-35-10-13-36(102-9)14-11-35)34(3)108-69(61(60)115-68-55(96)59(113-70-62(97)79(101,30-82)31-105-70)56(33(2)107-68)111-65-54(95)58(41(85)28-104-65)112-64-51(92)47(88)40(84)27-103-64)117-72(100)77-21-20-73(4,5)24-38(77)37-15-16-43-74(6)25-39(83)63(116-67-53(94)50(91)48(89)42(26-80)109-67)76(8,71(98)99)44(74)18-19-75(43,7)78(37,29-81)23-22-77/h10-15,17,32-34,38-44,46-70,80-85,87-97,101H,16,18-31H2,1-9H3,(H,98,99)/b17-12+/t32-,33-,34+,38-,39-,40-,41+,42+,43+,44+,46-,47-,48+,49+,50-,51+,52+,53+,54+,55+,56-,57-,58-,59-,60-,61+,62-,63-,64-,65-,66-,67-,68-,69-,70-,74+,75+,76-,77-,78-,79+/m0/s1. The first-order valence-corrected chi connectivity index (χ1v) is 40.3. The second-order valence-electron chi connectivity index (χ2n) is 35.8. The van der Waals surface area contributed by atoms with E-state index in [2.05, 4.69) is 20.8 Å². The highest BCUT2D eigenvalue weighted by Crippen LogP contribution is 2.76. The van der Waals surface area contributed by atoms with Gasteiger partial charge in [-0.25, -0.2) is 4.79 Å². The van der Waals surface area contributed by atoms with Gasteiger partial charge in [-0.3, -0.25) is 9.59 Å². The van der Waals surface area contributed by atoms with Gasteiger partial charge in [0.1, 0.15) is 127 Å². The molecule has 0 unspecified atom stereocenters. The Morgan fingerprint density at radius 2 is 1.09 bits per heavy atom. The zero-order chi connectivity index (χ0) is 85.0. The maximum Gasteiger partial charge on any atom is 0.331 e. The highest BCUT2D eigenvalue weighted by atomic mass is 16.8. The Morgan fingerprint density at radius 1 is 0.521 bits per heavy atom. The van der Waals surface area contributed by atoms with Crippen molar-refractivity contribution in [2.45, 2.75) is 315 Å². The van der Waals surface area contributed by atoms with E-state index in [0.717, 1.165) is 11.6 Å². The summed E-state index contributed by atoms with van der Waals surface area (Å²) in [6.07, 6.45) is -51.5. The van der Waals surface area contributed by atoms with E-state index in [-0.39, 0.29) is 38.5 Å². The maximum atomic E-state index is 16.6. The summed E-state index contributed by atoms with van der Waals surface area (Å²) in [6.45, 7) is 9.51. The van der Waals surface area contributed by atoms with E-state index in [1.165, 1.54) is 40.9 Å². The fraction of sp³-hybridized carbons (Fsp3) is 0.835. The van der Waals surface area contributed by atoms with Gasteiger partial charge < -0.3 is 173 Å². The molecule has 0 radical (unpaired) electrons. The Hall–Kier alpha value is -4.33. The van der Waals surface area contributed by atoms with Crippen LogP contribution in [0.15, 0.2) is 42.0 Å². The molecule has 1 aromatic rings. The zero-order valence-corrected chi connectivity index (χ0v) is 66.6. The molecule has 7 aliphatic heterocycles. The van der Waals surface area contributed by atoms with E-state index >= 15 is 4.79 Å². The van der Waals surface area contributed by atoms with Crippen LogP contribution in [0.4, 0.5) is 0 Å². The number of esters is 2. The molecule has 4 saturated carbocycles. The number of fused-ring (bicyclic) bond motifs is 7. The SMILES string of the molecule is COc1ccc(/C=C/C(=O)O[C@@H]2[C@H](O[C@@H]3O[C@@H](C)[C@H](O)[C@@H](O)[C@H]3O)[C@@H](O[C@@H]3O[C@@H](C)[C@H](O[C@@H]4OC[C@@H](O)[C@H](O[C@@H]5OC[C@H](O)[C@H](O)[C@H]5O)[C@H]4O)[C@@H](O[C@@H]4OC[C@](O)(CO)[C@H]4O)[C@H]3O)[C@H](OC(=O)[C@]34CCC(C)(C)C[C@H]3C3=CC[C@@H]5[C@@]6(C)C[C@H](O)[C@H](O[C@@H]7O[C@H](CO)[C@@H](O)[C@H](O)[C@H]7O)[C@@](C)(C(=O)O)[C@@H]6CC[C@@]5(C)[C@]3(CO)CC4)O[C@@H]2C)cc1. The van der Waals surface area contributed by atoms with Gasteiger partial charge in [-0.15, -0.1) is 0 Å². The summed E-state index contributed by atoms with van der Waals surface area (Å²) < 4.78 is 98.7. The predicted molar refractivity (Wildman–Crippen MR) is 389 cm³/mol. The second-order valence-corrected chi connectivity index (χ2v) is 35.8. The lowest BCUT2D eigenvalue weighted by Gasteiger charge is -2.71. The number of rotatable bonds is 22. The Labute approximate surface area is 674 Å². The van der Waals surface area contributed by atoms with Crippen molar-refractivity contribution in [1.29, 1.82) is 0 Å². The third kappa shape index (κ3) is 16.1. The molecule has 7 heterocycles. The van der Waals surface area contributed by atoms with Gasteiger partial charge in [0.25, 0.3) is 0 Å².